The minimum Gasteiger partial charge on any atom is -0.496 e. The van der Waals surface area contributed by atoms with Gasteiger partial charge in [0.1, 0.15) is 11.4 Å². The number of anilines is 3. The van der Waals surface area contributed by atoms with E-state index in [1.54, 1.807) is 109 Å². The number of benzene rings is 4. The van der Waals surface area contributed by atoms with Crippen molar-refractivity contribution in [2.75, 3.05) is 22.6 Å². The zero-order valence-electron chi connectivity index (χ0n) is 25.0. The van der Waals surface area contributed by atoms with Gasteiger partial charge in [-0.3, -0.25) is 24.0 Å². The van der Waals surface area contributed by atoms with Crippen LogP contribution in [-0.2, 0) is 19.2 Å². The smallest absolute Gasteiger partial charge is 0.272 e. The van der Waals surface area contributed by atoms with Crippen LogP contribution in [0.4, 0.5) is 17.1 Å². The first-order chi connectivity index (χ1) is 22.2. The SMILES string of the molecule is COc1ccccc1/C=C(\NC(=O)c1ccccc1)C(=O)Nc1ccc(SC2CC(=O)N(c3ccc(NC(C)=O)cc3)C2=O)cc1. The molecule has 1 atom stereocenters. The molecule has 1 heterocycles. The van der Waals surface area contributed by atoms with E-state index in [0.717, 1.165) is 9.80 Å². The van der Waals surface area contributed by atoms with Crippen molar-refractivity contribution in [2.24, 2.45) is 0 Å². The van der Waals surface area contributed by atoms with Crippen molar-refractivity contribution in [1.82, 2.24) is 5.32 Å². The number of carbonyl (C=O) groups excluding carboxylic acids is 5. The molecule has 4 aromatic rings. The summed E-state index contributed by atoms with van der Waals surface area (Å²) >= 11 is 1.25. The van der Waals surface area contributed by atoms with Gasteiger partial charge >= 0.3 is 0 Å². The van der Waals surface area contributed by atoms with E-state index in [9.17, 15) is 24.0 Å². The minimum absolute atomic E-state index is 0.0112. The second-order valence-electron chi connectivity index (χ2n) is 10.2. The van der Waals surface area contributed by atoms with Gasteiger partial charge in [0, 0.05) is 40.7 Å². The molecule has 4 aromatic carbocycles. The maximum Gasteiger partial charge on any atom is 0.272 e. The van der Waals surface area contributed by atoms with E-state index in [1.807, 2.05) is 0 Å². The number of rotatable bonds is 10. The van der Waals surface area contributed by atoms with Crippen molar-refractivity contribution in [2.45, 2.75) is 23.5 Å². The lowest BCUT2D eigenvalue weighted by molar-refractivity contribution is -0.121. The Morgan fingerprint density at radius 2 is 1.46 bits per heavy atom. The summed E-state index contributed by atoms with van der Waals surface area (Å²) < 4.78 is 5.41. The van der Waals surface area contributed by atoms with Crippen molar-refractivity contribution in [3.05, 3.63) is 120 Å². The topological polar surface area (TPSA) is 134 Å². The van der Waals surface area contributed by atoms with Crippen molar-refractivity contribution in [3.8, 4) is 5.75 Å². The van der Waals surface area contributed by atoms with E-state index in [2.05, 4.69) is 16.0 Å². The van der Waals surface area contributed by atoms with Gasteiger partial charge in [-0.2, -0.15) is 0 Å². The average Bonchev–Trinajstić information content (AvgIpc) is 3.34. The summed E-state index contributed by atoms with van der Waals surface area (Å²) in [5, 5.41) is 7.56. The molecular formula is C35H30N4O6S. The summed E-state index contributed by atoms with van der Waals surface area (Å²) in [7, 11) is 1.52. The molecule has 0 aromatic heterocycles. The standard InChI is InChI=1S/C35H30N4O6S/c1-22(40)36-25-12-16-27(17-13-25)39-32(41)21-31(35(39)44)46-28-18-14-26(15-19-28)37-34(43)29(20-24-10-6-7-11-30(24)45-2)38-33(42)23-8-4-3-5-9-23/h3-20,31H,21H2,1-2H3,(H,36,40)(H,37,43)(H,38,42)/b29-20-. The number of imide groups is 1. The summed E-state index contributed by atoms with van der Waals surface area (Å²) in [6.45, 7) is 1.40. The number of nitrogens with zero attached hydrogens (tertiary/aromatic N) is 1. The number of para-hydroxylation sites is 1. The molecular weight excluding hydrogens is 604 g/mol. The van der Waals surface area contributed by atoms with Gasteiger partial charge in [-0.05, 0) is 72.8 Å². The molecule has 0 saturated carbocycles. The molecule has 1 aliphatic heterocycles. The van der Waals surface area contributed by atoms with Gasteiger partial charge in [-0.1, -0.05) is 36.4 Å². The number of nitrogens with one attached hydrogen (secondary N) is 3. The summed E-state index contributed by atoms with van der Waals surface area (Å²) in [6.07, 6.45) is 1.58. The van der Waals surface area contributed by atoms with Crippen LogP contribution < -0.4 is 25.6 Å². The third-order valence-corrected chi connectivity index (χ3v) is 8.11. The largest absolute Gasteiger partial charge is 0.496 e. The third kappa shape index (κ3) is 7.69. The summed E-state index contributed by atoms with van der Waals surface area (Å²) in [5.41, 5.74) is 2.46. The fraction of sp³-hybridized carbons (Fsp3) is 0.114. The van der Waals surface area contributed by atoms with Crippen LogP contribution in [0.15, 0.2) is 114 Å². The van der Waals surface area contributed by atoms with E-state index in [1.165, 1.54) is 25.8 Å². The average molecular weight is 635 g/mol. The zero-order valence-corrected chi connectivity index (χ0v) is 25.8. The Morgan fingerprint density at radius 1 is 0.826 bits per heavy atom. The molecule has 11 heteroatoms. The first-order valence-corrected chi connectivity index (χ1v) is 15.1. The van der Waals surface area contributed by atoms with Gasteiger partial charge in [-0.15, -0.1) is 11.8 Å². The van der Waals surface area contributed by atoms with Gasteiger partial charge in [0.2, 0.25) is 17.7 Å². The Hall–Kier alpha value is -5.68. The van der Waals surface area contributed by atoms with Gasteiger partial charge < -0.3 is 20.7 Å². The predicted molar refractivity (Wildman–Crippen MR) is 177 cm³/mol. The second kappa shape index (κ2) is 14.4. The maximum atomic E-state index is 13.4. The fourth-order valence-electron chi connectivity index (χ4n) is 4.73. The summed E-state index contributed by atoms with van der Waals surface area (Å²) in [4.78, 5) is 65.5. The van der Waals surface area contributed by atoms with Crippen molar-refractivity contribution >= 4 is 64.4 Å². The molecule has 1 saturated heterocycles. The first kappa shape index (κ1) is 31.7. The van der Waals surface area contributed by atoms with Crippen LogP contribution in [0.3, 0.4) is 0 Å². The highest BCUT2D eigenvalue weighted by Gasteiger charge is 2.40. The van der Waals surface area contributed by atoms with Crippen LogP contribution in [0, 0.1) is 0 Å². The van der Waals surface area contributed by atoms with Crippen molar-refractivity contribution < 1.29 is 28.7 Å². The molecule has 1 unspecified atom stereocenters. The van der Waals surface area contributed by atoms with E-state index in [0.29, 0.717) is 33.9 Å². The molecule has 5 rings (SSSR count). The number of hydrogen-bond acceptors (Lipinski definition) is 7. The Labute approximate surface area is 269 Å². The van der Waals surface area contributed by atoms with Crippen LogP contribution >= 0.6 is 11.8 Å². The van der Waals surface area contributed by atoms with Crippen LogP contribution in [0.25, 0.3) is 6.08 Å². The van der Waals surface area contributed by atoms with E-state index < -0.39 is 17.1 Å². The lowest BCUT2D eigenvalue weighted by Gasteiger charge is -2.16. The van der Waals surface area contributed by atoms with Gasteiger partial charge in [-0.25, -0.2) is 4.90 Å². The number of methoxy groups -OCH3 is 1. The Bertz CT molecular complexity index is 1810. The second-order valence-corrected chi connectivity index (χ2v) is 11.5. The molecule has 0 aliphatic carbocycles. The Morgan fingerprint density at radius 3 is 2.13 bits per heavy atom. The fourth-order valence-corrected chi connectivity index (χ4v) is 5.78. The molecule has 1 aliphatic rings. The van der Waals surface area contributed by atoms with Gasteiger partial charge in [0.05, 0.1) is 18.0 Å². The number of amides is 5. The third-order valence-electron chi connectivity index (χ3n) is 6.91. The molecule has 0 bridgehead atoms. The lowest BCUT2D eigenvalue weighted by atomic mass is 10.1. The quantitative estimate of drug-likeness (QED) is 0.155. The zero-order chi connectivity index (χ0) is 32.6. The normalized spacial score (nSPS) is 14.5. The van der Waals surface area contributed by atoms with Crippen molar-refractivity contribution in [3.63, 3.8) is 0 Å². The highest BCUT2D eigenvalue weighted by molar-refractivity contribution is 8.00. The molecule has 0 spiro atoms. The van der Waals surface area contributed by atoms with Crippen molar-refractivity contribution in [1.29, 1.82) is 0 Å². The number of carbonyl (C=O) groups is 5. The van der Waals surface area contributed by atoms with E-state index >= 15 is 0 Å². The van der Waals surface area contributed by atoms with Crippen LogP contribution in [0.2, 0.25) is 0 Å². The highest BCUT2D eigenvalue weighted by atomic mass is 32.2. The van der Waals surface area contributed by atoms with Gasteiger partial charge in [0.25, 0.3) is 11.8 Å². The summed E-state index contributed by atoms with van der Waals surface area (Å²) in [6, 6.07) is 29.0. The number of ether oxygens (including phenoxy) is 1. The number of hydrogen-bond donors (Lipinski definition) is 3. The maximum absolute atomic E-state index is 13.4. The molecule has 0 radical (unpaired) electrons. The molecule has 10 nitrogen and oxygen atoms in total. The van der Waals surface area contributed by atoms with Crippen LogP contribution in [-0.4, -0.2) is 41.9 Å². The Kier molecular flexibility index (Phi) is 9.94. The van der Waals surface area contributed by atoms with E-state index in [4.69, 9.17) is 4.74 Å². The van der Waals surface area contributed by atoms with Crippen LogP contribution in [0.5, 0.6) is 5.75 Å². The van der Waals surface area contributed by atoms with Crippen LogP contribution in [0.1, 0.15) is 29.3 Å². The Balaban J connectivity index is 1.27. The summed E-state index contributed by atoms with van der Waals surface area (Å²) in [5.74, 6) is -1.33. The molecule has 5 amide bonds. The number of thioether (sulfide) groups is 1. The van der Waals surface area contributed by atoms with Gasteiger partial charge in [0.15, 0.2) is 0 Å². The molecule has 46 heavy (non-hydrogen) atoms. The monoisotopic (exact) mass is 634 g/mol. The first-order valence-electron chi connectivity index (χ1n) is 14.3. The minimum atomic E-state index is -0.619. The lowest BCUT2D eigenvalue weighted by Crippen LogP contribution is -2.31. The predicted octanol–water partition coefficient (Wildman–Crippen LogP) is 5.49. The highest BCUT2D eigenvalue weighted by Crippen LogP contribution is 2.35. The molecule has 232 valence electrons. The molecule has 1 fully saturated rings. The van der Waals surface area contributed by atoms with E-state index in [-0.39, 0.29) is 29.8 Å². The molecule has 3 N–H and O–H groups in total.